The molecule has 0 saturated carbocycles. The number of hydrogen-bond acceptors (Lipinski definition) is 0. The highest BCUT2D eigenvalue weighted by Crippen LogP contribution is 2.72. The van der Waals surface area contributed by atoms with Crippen LogP contribution in [0.2, 0.25) is 0 Å². The van der Waals surface area contributed by atoms with Gasteiger partial charge < -0.3 is 0 Å². The van der Waals surface area contributed by atoms with E-state index in [1.807, 2.05) is 36.4 Å². The summed E-state index contributed by atoms with van der Waals surface area (Å²) >= 11 is 75.9. The van der Waals surface area contributed by atoms with Crippen molar-refractivity contribution in [2.75, 3.05) is 0 Å². The predicted octanol–water partition coefficient (Wildman–Crippen LogP) is 20.1. The van der Waals surface area contributed by atoms with Crippen LogP contribution in [0.15, 0.2) is 96.5 Å². The van der Waals surface area contributed by atoms with E-state index in [9.17, 15) is 0 Å². The first-order valence-electron chi connectivity index (χ1n) is 12.3. The van der Waals surface area contributed by atoms with E-state index in [4.69, 9.17) is 0 Å². The largest absolute Gasteiger partial charge is 0.155 e. The van der Waals surface area contributed by atoms with Crippen molar-refractivity contribution in [2.24, 2.45) is 0 Å². The lowest BCUT2D eigenvalue weighted by atomic mass is 9.82. The lowest BCUT2D eigenvalue weighted by Gasteiger charge is -2.52. The van der Waals surface area contributed by atoms with Crippen LogP contribution in [0.5, 0.6) is 0 Å². The Hall–Kier alpha value is 7.00. The van der Waals surface area contributed by atoms with Gasteiger partial charge in [-0.15, -0.1) is 0 Å². The average Bonchev–Trinajstić information content (AvgIpc) is 3.05. The number of benzene rings is 2. The van der Waals surface area contributed by atoms with Crippen molar-refractivity contribution in [1.29, 1.82) is 0 Å². The van der Waals surface area contributed by atoms with Crippen LogP contribution in [0.25, 0.3) is 0 Å². The predicted molar refractivity (Wildman–Crippen MR) is 281 cm³/mol. The van der Waals surface area contributed by atoms with E-state index in [1.54, 1.807) is 0 Å². The van der Waals surface area contributed by atoms with E-state index in [0.717, 1.165) is 47.0 Å². The molecule has 6 unspecified atom stereocenters. The van der Waals surface area contributed by atoms with Crippen molar-refractivity contribution in [2.45, 2.75) is 31.2 Å². The summed E-state index contributed by atoms with van der Waals surface area (Å²) in [6.07, 6.45) is 0. The average molecular weight is 1950 g/mol. The van der Waals surface area contributed by atoms with Crippen LogP contribution in [0.3, 0.4) is 0 Å². The van der Waals surface area contributed by atoms with Crippen molar-refractivity contribution in [3.05, 3.63) is 108 Å². The fourth-order valence-electron chi connectivity index (χ4n) is 4.66. The third-order valence-corrected chi connectivity index (χ3v) is 37.2. The van der Waals surface area contributed by atoms with Gasteiger partial charge in [-0.05, 0) is 74.8 Å². The number of alkyl halides is 12. The highest BCUT2D eigenvalue weighted by molar-refractivity contribution is 9.40. The molecule has 0 nitrogen and oxygen atoms in total. The van der Waals surface area contributed by atoms with Gasteiger partial charge in [-0.2, -0.15) is 0 Å². The van der Waals surface area contributed by atoms with Crippen LogP contribution < -0.4 is 0 Å². The summed E-state index contributed by atoms with van der Waals surface area (Å²) in [6, 6.07) is 20.3. The number of hydrogen-bond donors (Lipinski definition) is 0. The molecule has 4 rings (SSSR count). The van der Waals surface area contributed by atoms with Gasteiger partial charge in [0.25, 0.3) is 0 Å². The third-order valence-electron chi connectivity index (χ3n) is 7.10. The maximum absolute atomic E-state index is 4.03. The molecule has 264 valence electrons. The molecule has 2 aromatic carbocycles. The van der Waals surface area contributed by atoms with Crippen molar-refractivity contribution in [1.82, 2.24) is 0 Å². The molecule has 0 saturated heterocycles. The Morgan fingerprint density at radius 1 is 0.417 bits per heavy atom. The van der Waals surface area contributed by atoms with Gasteiger partial charge in [-0.25, -0.2) is 0 Å². The van der Waals surface area contributed by atoms with Crippen LogP contribution in [0.4, 0.5) is 0 Å². The molecule has 0 spiro atoms. The SMILES string of the molecule is BrC1=C(Br)C(Br)C(Br)(C(Br)(c2ccccc2)C(Br)(Br)Br)C(Br)=C1Br.BrC1=C(Br)C(Br)C(Br)(C(Br)(c2ccccc2)C(Br)(Br)Br)C(Br)=C1Br. The minimum atomic E-state index is -0.666. The Kier molecular flexibility index (Phi) is 19.7. The van der Waals surface area contributed by atoms with Crippen LogP contribution in [-0.2, 0) is 8.65 Å². The maximum atomic E-state index is 4.03. The van der Waals surface area contributed by atoms with Crippen LogP contribution in [0.1, 0.15) is 11.1 Å². The second-order valence-corrected chi connectivity index (χ2v) is 36.5. The maximum Gasteiger partial charge on any atom is 0.155 e. The van der Waals surface area contributed by atoms with Crippen LogP contribution in [-0.4, -0.2) is 22.6 Å². The van der Waals surface area contributed by atoms with Crippen molar-refractivity contribution in [3.8, 4) is 0 Å². The molecule has 0 fully saturated rings. The van der Waals surface area contributed by atoms with E-state index in [1.165, 1.54) is 0 Å². The molecule has 0 N–H and O–H groups in total. The molecule has 2 aliphatic rings. The van der Waals surface area contributed by atoms with Gasteiger partial charge in [-0.3, -0.25) is 0 Å². The molecule has 2 aromatic rings. The van der Waals surface area contributed by atoms with Gasteiger partial charge in [0.15, 0.2) is 4.29 Å². The van der Waals surface area contributed by atoms with Crippen LogP contribution >= 0.6 is 319 Å². The minimum absolute atomic E-state index is 0.0957. The van der Waals surface area contributed by atoms with E-state index in [-0.39, 0.29) is 9.65 Å². The first-order valence-corrected chi connectivity index (χ1v) is 28.4. The van der Waals surface area contributed by atoms with E-state index < -0.39 is 21.6 Å². The van der Waals surface area contributed by atoms with Crippen molar-refractivity contribution >= 4 is 319 Å². The minimum Gasteiger partial charge on any atom is -0.0812 e. The Bertz CT molecular complexity index is 1530. The molecule has 2 aliphatic carbocycles. The molecular formula is C28H12Br20. The Labute approximate surface area is 448 Å². The van der Waals surface area contributed by atoms with Crippen molar-refractivity contribution < 1.29 is 0 Å². The quantitative estimate of drug-likeness (QED) is 0.268. The molecule has 0 bridgehead atoms. The summed E-state index contributed by atoms with van der Waals surface area (Å²) in [5, 5.41) is 0. The third kappa shape index (κ3) is 8.89. The monoisotopic (exact) mass is 1930 g/mol. The highest BCUT2D eigenvalue weighted by atomic mass is 80.0. The first-order chi connectivity index (χ1) is 21.8. The number of rotatable bonds is 4. The Morgan fingerprint density at radius 2 is 0.667 bits per heavy atom. The fraction of sp³-hybridized carbons (Fsp3) is 0.286. The van der Waals surface area contributed by atoms with Gasteiger partial charge in [0.1, 0.15) is 8.65 Å². The van der Waals surface area contributed by atoms with Gasteiger partial charge in [-0.1, -0.05) is 316 Å². The first kappa shape index (κ1) is 49.4. The molecule has 0 amide bonds. The summed E-state index contributed by atoms with van der Waals surface area (Å²) in [5.74, 6) is 0. The van der Waals surface area contributed by atoms with Gasteiger partial charge in [0.05, 0.1) is 18.3 Å². The van der Waals surface area contributed by atoms with Gasteiger partial charge >= 0.3 is 0 Å². The standard InChI is InChI=1S/2C14H6Br10/c2*15-7-8(16)10(18)12(20,11(19)9(7)17)13(21,14(22,23)24)6-4-2-1-3-5-6/h2*1-5,10H. The zero-order valence-corrected chi connectivity index (χ0v) is 54.2. The Morgan fingerprint density at radius 3 is 0.896 bits per heavy atom. The summed E-state index contributed by atoms with van der Waals surface area (Å²) in [4.78, 5) is -0.191. The summed E-state index contributed by atoms with van der Waals surface area (Å²) in [7, 11) is 0. The summed E-state index contributed by atoms with van der Waals surface area (Å²) < 4.78 is 3.66. The molecule has 0 aromatic heterocycles. The second-order valence-electron chi connectivity index (χ2n) is 9.77. The zero-order chi connectivity index (χ0) is 37.0. The molecule has 0 aliphatic heterocycles. The van der Waals surface area contributed by atoms with Gasteiger partial charge in [0.2, 0.25) is 0 Å². The van der Waals surface area contributed by atoms with E-state index in [2.05, 4.69) is 343 Å². The van der Waals surface area contributed by atoms with Crippen LogP contribution in [0, 0.1) is 0 Å². The number of allylic oxidation sites excluding steroid dienone is 8. The normalized spacial score (nSPS) is 28.2. The second kappa shape index (κ2) is 19.1. The van der Waals surface area contributed by atoms with Crippen molar-refractivity contribution in [3.63, 3.8) is 0 Å². The lowest BCUT2D eigenvalue weighted by molar-refractivity contribution is 0.557. The molecule has 20 heteroatoms. The topological polar surface area (TPSA) is 0 Å². The molecule has 0 heterocycles. The van der Waals surface area contributed by atoms with Gasteiger partial charge in [0, 0.05) is 35.9 Å². The highest BCUT2D eigenvalue weighted by Gasteiger charge is 2.67. The number of halogens is 20. The molecule has 48 heavy (non-hydrogen) atoms. The summed E-state index contributed by atoms with van der Waals surface area (Å²) in [5.41, 5.74) is 2.13. The van der Waals surface area contributed by atoms with E-state index >= 15 is 0 Å². The fourth-order valence-corrected chi connectivity index (χ4v) is 23.4. The zero-order valence-electron chi connectivity index (χ0n) is 22.5. The molecule has 6 atom stereocenters. The smallest absolute Gasteiger partial charge is 0.0812 e. The lowest BCUT2D eigenvalue weighted by Crippen LogP contribution is -2.57. The molecular weight excluding hydrogens is 1930 g/mol. The Balaban J connectivity index is 0.000000260. The van der Waals surface area contributed by atoms with E-state index in [0.29, 0.717) is 0 Å². The molecule has 0 radical (unpaired) electrons. The summed E-state index contributed by atoms with van der Waals surface area (Å²) in [6.45, 7) is 0.